The molecule has 0 bridgehead atoms. The number of fused-ring (bicyclic) bond motifs is 1. The van der Waals surface area contributed by atoms with E-state index in [4.69, 9.17) is 4.74 Å². The Labute approximate surface area is 188 Å². The van der Waals surface area contributed by atoms with E-state index in [0.29, 0.717) is 21.2 Å². The van der Waals surface area contributed by atoms with Gasteiger partial charge in [0.05, 0.1) is 28.4 Å². The average Bonchev–Trinajstić information content (AvgIpc) is 2.77. The van der Waals surface area contributed by atoms with Crippen molar-refractivity contribution in [3.63, 3.8) is 0 Å². The predicted molar refractivity (Wildman–Crippen MR) is 119 cm³/mol. The van der Waals surface area contributed by atoms with Gasteiger partial charge in [0.2, 0.25) is 0 Å². The maximum Gasteiger partial charge on any atom is 0.262 e. The number of hydrogen-bond acceptors (Lipinski definition) is 5. The van der Waals surface area contributed by atoms with Gasteiger partial charge >= 0.3 is 0 Å². The Bertz CT molecular complexity index is 1320. The number of nitrogens with one attached hydrogen (secondary N) is 1. The zero-order valence-corrected chi connectivity index (χ0v) is 18.4. The first-order valence-corrected chi connectivity index (χ1v) is 11.9. The van der Waals surface area contributed by atoms with Crippen LogP contribution in [0.25, 0.3) is 6.08 Å². The minimum Gasteiger partial charge on any atom is -0.497 e. The van der Waals surface area contributed by atoms with Crippen LogP contribution in [0.3, 0.4) is 0 Å². The Hall–Kier alpha value is -3.17. The molecular formula is C23H17F2NO4S2. The number of carbonyl (C=O) groups is 1. The smallest absolute Gasteiger partial charge is 0.262 e. The Morgan fingerprint density at radius 2 is 1.72 bits per heavy atom. The highest BCUT2D eigenvalue weighted by Gasteiger charge is 2.25. The molecule has 0 spiro atoms. The third-order valence-corrected chi connectivity index (χ3v) is 7.54. The van der Waals surface area contributed by atoms with Crippen molar-refractivity contribution in [3.8, 4) is 5.75 Å². The Kier molecular flexibility index (Phi) is 6.03. The molecule has 1 aliphatic rings. The summed E-state index contributed by atoms with van der Waals surface area (Å²) >= 11 is 1.12. The van der Waals surface area contributed by atoms with Gasteiger partial charge in [0.15, 0.2) is 9.84 Å². The molecule has 32 heavy (non-hydrogen) atoms. The summed E-state index contributed by atoms with van der Waals surface area (Å²) in [6, 6.07) is 14.5. The van der Waals surface area contributed by atoms with Gasteiger partial charge in [-0.15, -0.1) is 0 Å². The lowest BCUT2D eigenvalue weighted by atomic mass is 10.2. The van der Waals surface area contributed by atoms with Crippen LogP contribution in [0.1, 0.15) is 11.1 Å². The largest absolute Gasteiger partial charge is 0.497 e. The Balaban J connectivity index is 1.64. The van der Waals surface area contributed by atoms with E-state index in [1.54, 1.807) is 37.5 Å². The number of rotatable bonds is 5. The number of ether oxygens (including phenoxy) is 1. The van der Waals surface area contributed by atoms with Gasteiger partial charge in [0, 0.05) is 10.5 Å². The van der Waals surface area contributed by atoms with E-state index in [9.17, 15) is 22.0 Å². The second-order valence-corrected chi connectivity index (χ2v) is 10.0. The number of methoxy groups -OCH3 is 1. The van der Waals surface area contributed by atoms with Crippen molar-refractivity contribution in [1.29, 1.82) is 0 Å². The number of anilines is 1. The second kappa shape index (κ2) is 8.76. The number of sulfone groups is 1. The van der Waals surface area contributed by atoms with Gasteiger partial charge in [-0.1, -0.05) is 30.0 Å². The number of hydrogen-bond donors (Lipinski definition) is 1. The minimum absolute atomic E-state index is 0.0913. The van der Waals surface area contributed by atoms with Gasteiger partial charge in [0.25, 0.3) is 5.91 Å². The second-order valence-electron chi connectivity index (χ2n) is 6.96. The minimum atomic E-state index is -4.03. The number of halogens is 2. The molecule has 1 aliphatic heterocycles. The number of amides is 1. The van der Waals surface area contributed by atoms with E-state index in [2.05, 4.69) is 5.32 Å². The number of benzene rings is 3. The van der Waals surface area contributed by atoms with Gasteiger partial charge in [-0.05, 0) is 54.1 Å². The summed E-state index contributed by atoms with van der Waals surface area (Å²) in [7, 11) is -2.47. The fraction of sp³-hybridized carbons (Fsp3) is 0.0870. The Morgan fingerprint density at radius 3 is 2.38 bits per heavy atom. The average molecular weight is 474 g/mol. The summed E-state index contributed by atoms with van der Waals surface area (Å²) in [5, 5.41) is 2.73. The molecule has 1 amide bonds. The van der Waals surface area contributed by atoms with Crippen LogP contribution in [-0.2, 0) is 20.4 Å². The normalized spacial score (nSPS) is 14.7. The van der Waals surface area contributed by atoms with Gasteiger partial charge in [0.1, 0.15) is 17.4 Å². The summed E-state index contributed by atoms with van der Waals surface area (Å²) in [6.45, 7) is 0. The van der Waals surface area contributed by atoms with E-state index >= 15 is 0 Å². The van der Waals surface area contributed by atoms with Crippen LogP contribution < -0.4 is 10.1 Å². The van der Waals surface area contributed by atoms with Gasteiger partial charge in [-0.3, -0.25) is 4.79 Å². The van der Waals surface area contributed by atoms with Gasteiger partial charge in [-0.25, -0.2) is 17.2 Å². The number of carbonyl (C=O) groups excluding carboxylic acids is 1. The Morgan fingerprint density at radius 1 is 1.03 bits per heavy atom. The van der Waals surface area contributed by atoms with E-state index < -0.39 is 32.8 Å². The summed E-state index contributed by atoms with van der Waals surface area (Å²) in [5.74, 6) is -2.28. The maximum absolute atomic E-state index is 13.9. The zero-order valence-electron chi connectivity index (χ0n) is 16.8. The van der Waals surface area contributed by atoms with Crippen LogP contribution in [0.15, 0.2) is 75.4 Å². The monoisotopic (exact) mass is 473 g/mol. The molecule has 0 radical (unpaired) electrons. The summed E-state index contributed by atoms with van der Waals surface area (Å²) in [6.07, 6.45) is 1.68. The third-order valence-electron chi connectivity index (χ3n) is 4.81. The maximum atomic E-state index is 13.9. The van der Waals surface area contributed by atoms with Crippen molar-refractivity contribution in [2.24, 2.45) is 0 Å². The van der Waals surface area contributed by atoms with Crippen molar-refractivity contribution in [2.75, 3.05) is 12.4 Å². The van der Waals surface area contributed by atoms with E-state index in [-0.39, 0.29) is 10.8 Å². The quantitative estimate of drug-likeness (QED) is 0.526. The molecule has 0 aliphatic carbocycles. The summed E-state index contributed by atoms with van der Waals surface area (Å²) in [4.78, 5) is 13.3. The van der Waals surface area contributed by atoms with Crippen LogP contribution in [0.2, 0.25) is 0 Å². The lowest BCUT2D eigenvalue weighted by molar-refractivity contribution is -0.112. The van der Waals surface area contributed by atoms with Crippen molar-refractivity contribution >= 4 is 39.3 Å². The molecule has 0 aromatic heterocycles. The van der Waals surface area contributed by atoms with E-state index in [1.807, 2.05) is 0 Å². The zero-order chi connectivity index (χ0) is 22.9. The highest BCUT2D eigenvalue weighted by molar-refractivity contribution is 8.04. The summed E-state index contributed by atoms with van der Waals surface area (Å²) in [5.41, 5.74) is 0.722. The molecule has 0 saturated heterocycles. The molecule has 0 saturated carbocycles. The molecule has 0 atom stereocenters. The van der Waals surface area contributed by atoms with Crippen LogP contribution in [0.4, 0.5) is 14.5 Å². The molecule has 0 fully saturated rings. The highest BCUT2D eigenvalue weighted by atomic mass is 32.2. The lowest BCUT2D eigenvalue weighted by Gasteiger charge is -2.19. The third kappa shape index (κ3) is 4.53. The lowest BCUT2D eigenvalue weighted by Crippen LogP contribution is -2.18. The first kappa shape index (κ1) is 22.0. The van der Waals surface area contributed by atoms with Crippen LogP contribution in [0, 0.1) is 11.6 Å². The SMILES string of the molecule is COc1ccc(/C=C2/Sc3cc(S(=O)(=O)Cc4c(F)cccc4F)ccc3NC2=O)cc1. The molecule has 1 N–H and O–H groups in total. The molecular weight excluding hydrogens is 456 g/mol. The molecule has 4 rings (SSSR count). The van der Waals surface area contributed by atoms with Gasteiger partial charge < -0.3 is 10.1 Å². The van der Waals surface area contributed by atoms with Crippen LogP contribution in [0.5, 0.6) is 5.75 Å². The fourth-order valence-corrected chi connectivity index (χ4v) is 5.58. The van der Waals surface area contributed by atoms with E-state index in [1.165, 1.54) is 24.3 Å². The van der Waals surface area contributed by atoms with Crippen LogP contribution in [-0.4, -0.2) is 21.4 Å². The number of thioether (sulfide) groups is 1. The molecule has 3 aromatic carbocycles. The van der Waals surface area contributed by atoms with Crippen molar-refractivity contribution < 1.29 is 26.7 Å². The topological polar surface area (TPSA) is 72.5 Å². The van der Waals surface area contributed by atoms with Crippen molar-refractivity contribution in [1.82, 2.24) is 0 Å². The molecule has 3 aromatic rings. The highest BCUT2D eigenvalue weighted by Crippen LogP contribution is 2.40. The molecule has 0 unspecified atom stereocenters. The van der Waals surface area contributed by atoms with Crippen LogP contribution >= 0.6 is 11.8 Å². The standard InChI is InChI=1S/C23H17F2NO4S2/c1-30-15-7-5-14(6-8-15)11-22-23(27)26-20-10-9-16(12-21(20)31-22)32(28,29)13-17-18(24)3-2-4-19(17)25/h2-12H,13H2,1H3,(H,26,27)/b22-11+. The molecule has 9 heteroatoms. The predicted octanol–water partition coefficient (Wildman–Crippen LogP) is 5.03. The molecule has 5 nitrogen and oxygen atoms in total. The fourth-order valence-electron chi connectivity index (χ4n) is 3.12. The molecule has 164 valence electrons. The first-order chi connectivity index (χ1) is 15.3. The summed E-state index contributed by atoms with van der Waals surface area (Å²) < 4.78 is 58.7. The van der Waals surface area contributed by atoms with Gasteiger partial charge in [-0.2, -0.15) is 0 Å². The van der Waals surface area contributed by atoms with Crippen molar-refractivity contribution in [3.05, 3.63) is 88.3 Å². The first-order valence-electron chi connectivity index (χ1n) is 9.41. The van der Waals surface area contributed by atoms with Crippen molar-refractivity contribution in [2.45, 2.75) is 15.5 Å². The van der Waals surface area contributed by atoms with E-state index in [0.717, 1.165) is 29.5 Å². The molecule has 1 heterocycles.